The van der Waals surface area contributed by atoms with E-state index < -0.39 is 11.4 Å². The first-order chi connectivity index (χ1) is 10.8. The summed E-state index contributed by atoms with van der Waals surface area (Å²) in [5.41, 5.74) is -0.903. The van der Waals surface area contributed by atoms with Crippen LogP contribution in [0.3, 0.4) is 0 Å². The van der Waals surface area contributed by atoms with Gasteiger partial charge in [0, 0.05) is 23.1 Å². The minimum atomic E-state index is -0.903. The molecule has 4 nitrogen and oxygen atoms in total. The highest BCUT2D eigenvalue weighted by Gasteiger charge is 2.35. The van der Waals surface area contributed by atoms with E-state index in [9.17, 15) is 19.1 Å². The van der Waals surface area contributed by atoms with Crippen LogP contribution in [0.1, 0.15) is 33.6 Å². The zero-order chi connectivity index (χ0) is 17.5. The second kappa shape index (κ2) is 8.91. The Hall–Kier alpha value is -1.56. The molecule has 0 aliphatic rings. The summed E-state index contributed by atoms with van der Waals surface area (Å²) in [6.45, 7) is 5.57. The Morgan fingerprint density at radius 3 is 2.30 bits per heavy atom. The summed E-state index contributed by atoms with van der Waals surface area (Å²) in [5, 5.41) is 12.1. The normalized spacial score (nSPS) is 12.7. The summed E-state index contributed by atoms with van der Waals surface area (Å²) >= 11 is 1.47. The molecule has 6 heteroatoms. The van der Waals surface area contributed by atoms with Gasteiger partial charge in [0.15, 0.2) is 0 Å². The summed E-state index contributed by atoms with van der Waals surface area (Å²) in [7, 11) is 0. The number of benzene rings is 1. The smallest absolute Gasteiger partial charge is 0.311 e. The van der Waals surface area contributed by atoms with E-state index in [0.717, 1.165) is 4.90 Å². The highest BCUT2D eigenvalue weighted by Crippen LogP contribution is 2.26. The first-order valence-electron chi connectivity index (χ1n) is 7.74. The van der Waals surface area contributed by atoms with Crippen molar-refractivity contribution < 1.29 is 19.1 Å². The number of hydrogen-bond donors (Lipinski definition) is 2. The van der Waals surface area contributed by atoms with E-state index in [0.29, 0.717) is 18.6 Å². The van der Waals surface area contributed by atoms with Crippen LogP contribution in [0.15, 0.2) is 29.2 Å². The number of halogens is 1. The van der Waals surface area contributed by atoms with Crippen LogP contribution < -0.4 is 5.32 Å². The lowest BCUT2D eigenvalue weighted by atomic mass is 9.82. The molecule has 1 aromatic carbocycles. The van der Waals surface area contributed by atoms with Gasteiger partial charge in [0.25, 0.3) is 0 Å². The number of hydrogen-bond acceptors (Lipinski definition) is 3. The lowest BCUT2D eigenvalue weighted by Crippen LogP contribution is -2.44. The van der Waals surface area contributed by atoms with Crippen molar-refractivity contribution in [2.45, 2.75) is 38.5 Å². The number of carboxylic acids is 1. The van der Waals surface area contributed by atoms with E-state index >= 15 is 0 Å². The summed E-state index contributed by atoms with van der Waals surface area (Å²) in [6, 6.07) is 6.12. The van der Waals surface area contributed by atoms with Gasteiger partial charge in [-0.05, 0) is 37.1 Å². The van der Waals surface area contributed by atoms with Gasteiger partial charge in [0.05, 0.1) is 5.41 Å². The molecule has 0 spiro atoms. The lowest BCUT2D eigenvalue weighted by Gasteiger charge is -2.27. The molecule has 1 rings (SSSR count). The predicted molar refractivity (Wildman–Crippen MR) is 89.9 cm³/mol. The Kier molecular flexibility index (Phi) is 7.55. The molecular weight excluding hydrogens is 317 g/mol. The molecule has 0 bridgehead atoms. The van der Waals surface area contributed by atoms with Gasteiger partial charge in [-0.25, -0.2) is 4.39 Å². The van der Waals surface area contributed by atoms with Gasteiger partial charge in [-0.1, -0.05) is 20.8 Å². The maximum absolute atomic E-state index is 12.8. The van der Waals surface area contributed by atoms with Crippen LogP contribution in [0.25, 0.3) is 0 Å². The fourth-order valence-electron chi connectivity index (χ4n) is 2.14. The van der Waals surface area contributed by atoms with Crippen LogP contribution in [0, 0.1) is 17.2 Å². The number of thioether (sulfide) groups is 1. The summed E-state index contributed by atoms with van der Waals surface area (Å²) in [6.07, 6.45) is 0.940. The molecule has 23 heavy (non-hydrogen) atoms. The molecule has 0 fully saturated rings. The number of amides is 1. The first-order valence-corrected chi connectivity index (χ1v) is 8.72. The molecule has 1 atom stereocenters. The zero-order valence-corrected chi connectivity index (χ0v) is 14.6. The maximum atomic E-state index is 12.8. The SMILES string of the molecule is CCC(CC)(CNC(=O)C(C)CSc1ccc(F)cc1)C(=O)O. The van der Waals surface area contributed by atoms with Crippen LogP contribution in [0.2, 0.25) is 0 Å². The van der Waals surface area contributed by atoms with E-state index in [1.165, 1.54) is 23.9 Å². The van der Waals surface area contributed by atoms with E-state index in [1.807, 2.05) is 13.8 Å². The monoisotopic (exact) mass is 341 g/mol. The quantitative estimate of drug-likeness (QED) is 0.674. The molecule has 0 aliphatic heterocycles. The minimum absolute atomic E-state index is 0.139. The first kappa shape index (κ1) is 19.5. The second-order valence-electron chi connectivity index (χ2n) is 5.68. The van der Waals surface area contributed by atoms with Crippen molar-refractivity contribution >= 4 is 23.6 Å². The lowest BCUT2D eigenvalue weighted by molar-refractivity contribution is -0.149. The van der Waals surface area contributed by atoms with Crippen LogP contribution in [-0.2, 0) is 9.59 Å². The molecule has 0 aliphatic carbocycles. The Labute approximate surface area is 140 Å². The van der Waals surface area contributed by atoms with Gasteiger partial charge in [0.2, 0.25) is 5.91 Å². The van der Waals surface area contributed by atoms with Gasteiger partial charge in [-0.2, -0.15) is 0 Å². The fraction of sp³-hybridized carbons (Fsp3) is 0.529. The van der Waals surface area contributed by atoms with Crippen molar-refractivity contribution in [2.75, 3.05) is 12.3 Å². The topological polar surface area (TPSA) is 66.4 Å². The van der Waals surface area contributed by atoms with Gasteiger partial charge < -0.3 is 10.4 Å². The molecule has 1 unspecified atom stereocenters. The van der Waals surface area contributed by atoms with Crippen LogP contribution in [0.5, 0.6) is 0 Å². The minimum Gasteiger partial charge on any atom is -0.481 e. The van der Waals surface area contributed by atoms with Gasteiger partial charge in [-0.3, -0.25) is 9.59 Å². The number of carbonyl (C=O) groups is 2. The van der Waals surface area contributed by atoms with E-state index in [1.54, 1.807) is 19.1 Å². The van der Waals surface area contributed by atoms with Crippen molar-refractivity contribution in [3.8, 4) is 0 Å². The number of aliphatic carboxylic acids is 1. The molecule has 0 aromatic heterocycles. The number of carbonyl (C=O) groups excluding carboxylic acids is 1. The van der Waals surface area contributed by atoms with Crippen LogP contribution >= 0.6 is 11.8 Å². The third kappa shape index (κ3) is 5.53. The number of nitrogens with one attached hydrogen (secondary N) is 1. The zero-order valence-electron chi connectivity index (χ0n) is 13.8. The predicted octanol–water partition coefficient (Wildman–Crippen LogP) is 3.56. The highest BCUT2D eigenvalue weighted by molar-refractivity contribution is 7.99. The molecule has 1 aromatic rings. The molecule has 0 radical (unpaired) electrons. The van der Waals surface area contributed by atoms with Crippen molar-refractivity contribution in [3.63, 3.8) is 0 Å². The van der Waals surface area contributed by atoms with Crippen molar-refractivity contribution in [1.29, 1.82) is 0 Å². The van der Waals surface area contributed by atoms with Crippen LogP contribution in [-0.4, -0.2) is 29.3 Å². The molecule has 1 amide bonds. The number of carboxylic acid groups (broad SMARTS) is 1. The average molecular weight is 341 g/mol. The second-order valence-corrected chi connectivity index (χ2v) is 6.77. The molecular formula is C17H24FNO3S. The Morgan fingerprint density at radius 1 is 1.26 bits per heavy atom. The molecule has 0 saturated heterocycles. The summed E-state index contributed by atoms with van der Waals surface area (Å²) in [4.78, 5) is 24.5. The van der Waals surface area contributed by atoms with Gasteiger partial charge in [-0.15, -0.1) is 11.8 Å². The molecule has 0 heterocycles. The standard InChI is InChI=1S/C17H24FNO3S/c1-4-17(5-2,16(21)22)11-19-15(20)12(3)10-23-14-8-6-13(18)7-9-14/h6-9,12H,4-5,10-11H2,1-3H3,(H,19,20)(H,21,22). The highest BCUT2D eigenvalue weighted by atomic mass is 32.2. The molecule has 128 valence electrons. The molecule has 0 saturated carbocycles. The fourth-order valence-corrected chi connectivity index (χ4v) is 3.06. The Balaban J connectivity index is 2.50. The Bertz CT molecular complexity index is 529. The third-order valence-electron chi connectivity index (χ3n) is 4.17. The van der Waals surface area contributed by atoms with E-state index in [2.05, 4.69) is 5.32 Å². The summed E-state index contributed by atoms with van der Waals surface area (Å²) in [5.74, 6) is -1.03. The van der Waals surface area contributed by atoms with Gasteiger partial charge >= 0.3 is 5.97 Å². The average Bonchev–Trinajstić information content (AvgIpc) is 2.54. The Morgan fingerprint density at radius 2 is 1.83 bits per heavy atom. The van der Waals surface area contributed by atoms with Crippen LogP contribution in [0.4, 0.5) is 4.39 Å². The van der Waals surface area contributed by atoms with E-state index in [-0.39, 0.29) is 24.2 Å². The van der Waals surface area contributed by atoms with Gasteiger partial charge in [0.1, 0.15) is 5.82 Å². The molecule has 2 N–H and O–H groups in total. The largest absolute Gasteiger partial charge is 0.481 e. The third-order valence-corrected chi connectivity index (χ3v) is 5.44. The maximum Gasteiger partial charge on any atom is 0.311 e. The van der Waals surface area contributed by atoms with Crippen molar-refractivity contribution in [3.05, 3.63) is 30.1 Å². The summed E-state index contributed by atoms with van der Waals surface area (Å²) < 4.78 is 12.8. The van der Waals surface area contributed by atoms with Crippen molar-refractivity contribution in [2.24, 2.45) is 11.3 Å². The van der Waals surface area contributed by atoms with E-state index in [4.69, 9.17) is 0 Å². The van der Waals surface area contributed by atoms with Crippen molar-refractivity contribution in [1.82, 2.24) is 5.32 Å². The number of rotatable bonds is 9.